The Morgan fingerprint density at radius 3 is 2.67 bits per heavy atom. The summed E-state index contributed by atoms with van der Waals surface area (Å²) in [6.45, 7) is 3.85. The van der Waals surface area contributed by atoms with E-state index in [-0.39, 0.29) is 24.3 Å². The van der Waals surface area contributed by atoms with Crippen LogP contribution >= 0.6 is 32.9 Å². The number of piperazine rings is 1. The van der Waals surface area contributed by atoms with Crippen LogP contribution < -0.4 is 0 Å². The van der Waals surface area contributed by atoms with Gasteiger partial charge in [-0.25, -0.2) is 0 Å². The average Bonchev–Trinajstić information content (AvgIpc) is 3.10. The van der Waals surface area contributed by atoms with Gasteiger partial charge in [-0.3, -0.25) is 9.59 Å². The molecule has 128 valence electrons. The van der Waals surface area contributed by atoms with Crippen molar-refractivity contribution in [2.45, 2.75) is 48.9 Å². The first-order chi connectivity index (χ1) is 11.4. The Morgan fingerprint density at radius 1 is 1.33 bits per heavy atom. The highest BCUT2D eigenvalue weighted by molar-refractivity contribution is 8.78. The fraction of sp³-hybridized carbons (Fsp3) is 0.562. The van der Waals surface area contributed by atoms with Crippen LogP contribution in [0, 0.1) is 11.3 Å². The molecule has 1 aromatic heterocycles. The van der Waals surface area contributed by atoms with Crippen LogP contribution in [-0.4, -0.2) is 38.4 Å². The Morgan fingerprint density at radius 2 is 2.08 bits per heavy atom. The summed E-state index contributed by atoms with van der Waals surface area (Å²) in [6.07, 6.45) is 1.33. The van der Waals surface area contributed by atoms with Crippen molar-refractivity contribution in [3.63, 3.8) is 0 Å². The Labute approximate surface area is 153 Å². The molecule has 2 amide bonds. The lowest BCUT2D eigenvalue weighted by Gasteiger charge is -2.60. The number of fused-ring (bicyclic) bond motifs is 3. The highest BCUT2D eigenvalue weighted by atomic mass is 33.1. The third-order valence-corrected chi connectivity index (χ3v) is 9.50. The predicted octanol–water partition coefficient (Wildman–Crippen LogP) is 3.61. The lowest BCUT2D eigenvalue weighted by atomic mass is 9.96. The molecule has 2 bridgehead atoms. The summed E-state index contributed by atoms with van der Waals surface area (Å²) >= 11 is 1.60. The minimum absolute atomic E-state index is 0.0356. The Kier molecular flexibility index (Phi) is 4.62. The van der Waals surface area contributed by atoms with E-state index in [4.69, 9.17) is 5.26 Å². The molecule has 8 heteroatoms. The molecule has 0 aromatic carbocycles. The molecular weight excluding hydrogens is 362 g/mol. The fourth-order valence-corrected chi connectivity index (χ4v) is 7.69. The number of nitrogens with zero attached hydrogens (tertiary/aromatic N) is 3. The molecule has 3 aliphatic rings. The van der Waals surface area contributed by atoms with E-state index in [9.17, 15) is 9.59 Å². The van der Waals surface area contributed by atoms with Gasteiger partial charge in [-0.1, -0.05) is 34.6 Å². The van der Waals surface area contributed by atoms with Gasteiger partial charge in [0.15, 0.2) is 9.74 Å². The number of hydrogen-bond acceptors (Lipinski definition) is 6. The average molecular weight is 382 g/mol. The van der Waals surface area contributed by atoms with E-state index < -0.39 is 9.74 Å². The molecule has 5 nitrogen and oxygen atoms in total. The quantitative estimate of drug-likeness (QED) is 0.729. The van der Waals surface area contributed by atoms with Crippen molar-refractivity contribution in [3.05, 3.63) is 22.4 Å². The Bertz CT molecular complexity index is 702. The summed E-state index contributed by atoms with van der Waals surface area (Å²) in [4.78, 5) is 29.0. The molecule has 4 heterocycles. The van der Waals surface area contributed by atoms with Crippen LogP contribution in [0.4, 0.5) is 0 Å². The molecule has 1 aromatic rings. The zero-order chi connectivity index (χ0) is 17.5. The van der Waals surface area contributed by atoms with E-state index >= 15 is 0 Å². The van der Waals surface area contributed by atoms with Crippen LogP contribution in [0.3, 0.4) is 0 Å². The highest BCUT2D eigenvalue weighted by Crippen LogP contribution is 2.62. The maximum atomic E-state index is 13.3. The molecule has 0 radical (unpaired) electrons. The normalized spacial score (nSPS) is 30.6. The number of hydrogen-bond donors (Lipinski definition) is 0. The van der Waals surface area contributed by atoms with E-state index in [2.05, 4.69) is 6.07 Å². The van der Waals surface area contributed by atoms with Crippen molar-refractivity contribution in [1.82, 2.24) is 9.80 Å². The van der Waals surface area contributed by atoms with E-state index in [0.717, 1.165) is 11.3 Å². The number of thiophene rings is 1. The molecule has 3 fully saturated rings. The first kappa shape index (κ1) is 17.6. The monoisotopic (exact) mass is 381 g/mol. The summed E-state index contributed by atoms with van der Waals surface area (Å²) in [5.41, 5.74) is 0. The van der Waals surface area contributed by atoms with E-state index in [1.807, 2.05) is 31.4 Å². The van der Waals surface area contributed by atoms with Crippen molar-refractivity contribution < 1.29 is 9.59 Å². The summed E-state index contributed by atoms with van der Waals surface area (Å²) in [7, 11) is 4.58. The first-order valence-corrected chi connectivity index (χ1v) is 10.8. The van der Waals surface area contributed by atoms with Gasteiger partial charge in [-0.2, -0.15) is 5.26 Å². The molecule has 24 heavy (non-hydrogen) atoms. The SMILES string of the molecule is CCC(c1cccs1)N1C(=O)C2(C)SSC1(CCC#N)C(=O)N2C. The van der Waals surface area contributed by atoms with Gasteiger partial charge in [0.05, 0.1) is 12.1 Å². The highest BCUT2D eigenvalue weighted by Gasteiger charge is 2.67. The fourth-order valence-electron chi connectivity index (χ4n) is 3.29. The molecule has 4 rings (SSSR count). The molecule has 3 aliphatic heterocycles. The molecule has 0 saturated carbocycles. The van der Waals surface area contributed by atoms with Crippen LogP contribution in [0.1, 0.15) is 44.0 Å². The smallest absolute Gasteiger partial charge is 0.261 e. The van der Waals surface area contributed by atoms with Gasteiger partial charge >= 0.3 is 0 Å². The number of carbonyl (C=O) groups is 2. The Hall–Kier alpha value is -1.17. The van der Waals surface area contributed by atoms with Gasteiger partial charge < -0.3 is 9.80 Å². The largest absolute Gasteiger partial charge is 0.319 e. The lowest BCUT2D eigenvalue weighted by molar-refractivity contribution is -0.168. The second-order valence-corrected chi connectivity index (χ2v) is 9.85. The maximum Gasteiger partial charge on any atom is 0.261 e. The zero-order valence-corrected chi connectivity index (χ0v) is 16.3. The molecule has 0 aliphatic carbocycles. The number of likely N-dealkylation sites (N-methyl/N-ethyl adjacent to an activating group) is 1. The van der Waals surface area contributed by atoms with Gasteiger partial charge in [0, 0.05) is 24.8 Å². The number of nitriles is 1. The van der Waals surface area contributed by atoms with Crippen LogP contribution in [0.2, 0.25) is 0 Å². The van der Waals surface area contributed by atoms with Crippen LogP contribution in [0.25, 0.3) is 0 Å². The maximum absolute atomic E-state index is 13.3. The van der Waals surface area contributed by atoms with Crippen molar-refractivity contribution in [3.8, 4) is 6.07 Å². The van der Waals surface area contributed by atoms with Gasteiger partial charge in [-0.05, 0) is 24.8 Å². The van der Waals surface area contributed by atoms with Crippen LogP contribution in [0.5, 0.6) is 0 Å². The molecule has 3 unspecified atom stereocenters. The molecule has 3 saturated heterocycles. The van der Waals surface area contributed by atoms with Gasteiger partial charge in [0.2, 0.25) is 0 Å². The zero-order valence-electron chi connectivity index (χ0n) is 13.8. The summed E-state index contributed by atoms with van der Waals surface area (Å²) in [5.74, 6) is -0.106. The topological polar surface area (TPSA) is 64.4 Å². The minimum atomic E-state index is -0.991. The van der Waals surface area contributed by atoms with Crippen LogP contribution in [-0.2, 0) is 9.59 Å². The van der Waals surface area contributed by atoms with E-state index in [0.29, 0.717) is 6.42 Å². The minimum Gasteiger partial charge on any atom is -0.319 e. The number of carbonyl (C=O) groups excluding carboxylic acids is 2. The summed E-state index contributed by atoms with van der Waals surface area (Å²) < 4.78 is 0. The standard InChI is InChI=1S/C16H19N3O2S3/c1-4-11(12-7-5-10-22-12)19-13(20)15(2)18(3)14(21)16(19,24-23-15)8-6-9-17/h5,7,10-11H,4,6,8H2,1-3H3. The molecule has 0 N–H and O–H groups in total. The second kappa shape index (κ2) is 6.28. The second-order valence-electron chi connectivity index (χ2n) is 6.07. The molecule has 3 atom stereocenters. The Balaban J connectivity index is 2.12. The number of amides is 2. The number of rotatable bonds is 5. The van der Waals surface area contributed by atoms with Crippen molar-refractivity contribution >= 4 is 44.7 Å². The third-order valence-electron chi connectivity index (χ3n) is 4.77. The molecular formula is C16H19N3O2S3. The van der Waals surface area contributed by atoms with Crippen LogP contribution in [0.15, 0.2) is 17.5 Å². The summed E-state index contributed by atoms with van der Waals surface area (Å²) in [5, 5.41) is 11.1. The molecule has 0 spiro atoms. The van der Waals surface area contributed by atoms with Crippen molar-refractivity contribution in [1.29, 1.82) is 5.26 Å². The lowest BCUT2D eigenvalue weighted by Crippen LogP contribution is -2.75. The summed E-state index contributed by atoms with van der Waals surface area (Å²) in [6, 6.07) is 5.98. The van der Waals surface area contributed by atoms with E-state index in [1.54, 1.807) is 28.2 Å². The third kappa shape index (κ3) is 2.29. The van der Waals surface area contributed by atoms with Gasteiger partial charge in [-0.15, -0.1) is 11.3 Å². The van der Waals surface area contributed by atoms with E-state index in [1.165, 1.54) is 21.6 Å². The van der Waals surface area contributed by atoms with Gasteiger partial charge in [0.1, 0.15) is 0 Å². The van der Waals surface area contributed by atoms with Crippen molar-refractivity contribution in [2.75, 3.05) is 7.05 Å². The van der Waals surface area contributed by atoms with Crippen molar-refractivity contribution in [2.24, 2.45) is 0 Å². The van der Waals surface area contributed by atoms with Gasteiger partial charge in [0.25, 0.3) is 11.8 Å². The predicted molar refractivity (Wildman–Crippen MR) is 98.1 cm³/mol. The first-order valence-electron chi connectivity index (χ1n) is 7.81.